The van der Waals surface area contributed by atoms with Crippen LogP contribution in [0.4, 0.5) is 5.69 Å². The van der Waals surface area contributed by atoms with Gasteiger partial charge in [0, 0.05) is 25.8 Å². The Bertz CT molecular complexity index is 884. The molecule has 1 heterocycles. The molecule has 0 atom stereocenters. The molecule has 0 aromatic heterocycles. The number of benzene rings is 2. The van der Waals surface area contributed by atoms with Crippen LogP contribution in [-0.4, -0.2) is 39.1 Å². The summed E-state index contributed by atoms with van der Waals surface area (Å²) in [4.78, 5) is 25.9. The van der Waals surface area contributed by atoms with Gasteiger partial charge in [-0.25, -0.2) is 4.79 Å². The van der Waals surface area contributed by atoms with Crippen LogP contribution in [0.1, 0.15) is 22.8 Å². The largest absolute Gasteiger partial charge is 0.482 e. The van der Waals surface area contributed by atoms with Crippen LogP contribution in [-0.2, 0) is 9.53 Å². The number of fused-ring (bicyclic) bond motifs is 1. The molecule has 140 valence electrons. The molecule has 0 saturated heterocycles. The number of anilines is 1. The zero-order valence-electron chi connectivity index (χ0n) is 15.5. The highest BCUT2D eigenvalue weighted by Gasteiger charge is 2.27. The van der Waals surface area contributed by atoms with Gasteiger partial charge in [0.2, 0.25) is 5.78 Å². The van der Waals surface area contributed by atoms with Crippen molar-refractivity contribution in [1.82, 2.24) is 0 Å². The number of allylic oxidation sites excluding steroid dienone is 1. The summed E-state index contributed by atoms with van der Waals surface area (Å²) >= 11 is 0. The molecule has 3 rings (SSSR count). The second-order valence-electron chi connectivity index (χ2n) is 6.18. The van der Waals surface area contributed by atoms with Crippen molar-refractivity contribution in [3.05, 3.63) is 59.4 Å². The van der Waals surface area contributed by atoms with Crippen molar-refractivity contribution in [2.24, 2.45) is 0 Å². The Kier molecular flexibility index (Phi) is 5.45. The first-order valence-electron chi connectivity index (χ1n) is 8.62. The minimum atomic E-state index is -0.447. The molecule has 1 aliphatic heterocycles. The van der Waals surface area contributed by atoms with Crippen LogP contribution in [0.2, 0.25) is 0 Å². The first-order chi connectivity index (χ1) is 13.0. The predicted octanol–water partition coefficient (Wildman–Crippen LogP) is 3.31. The Morgan fingerprint density at radius 3 is 2.56 bits per heavy atom. The Morgan fingerprint density at radius 1 is 1.15 bits per heavy atom. The van der Waals surface area contributed by atoms with Crippen molar-refractivity contribution in [3.63, 3.8) is 0 Å². The number of ether oxygens (including phenoxy) is 3. The number of hydrogen-bond donors (Lipinski definition) is 0. The molecule has 1 aliphatic rings. The number of esters is 1. The van der Waals surface area contributed by atoms with E-state index in [-0.39, 0.29) is 18.1 Å². The molecule has 0 fully saturated rings. The molecule has 0 amide bonds. The SMILES string of the molecule is CCOC(=O)COc1ccc2c(c1)O/C(=C\c1ccc(N(C)C)cc1)C2=O. The van der Waals surface area contributed by atoms with E-state index in [0.717, 1.165) is 11.3 Å². The topological polar surface area (TPSA) is 65.1 Å². The number of rotatable bonds is 6. The van der Waals surface area contributed by atoms with E-state index in [2.05, 4.69) is 0 Å². The van der Waals surface area contributed by atoms with E-state index in [0.29, 0.717) is 23.7 Å². The van der Waals surface area contributed by atoms with E-state index in [4.69, 9.17) is 14.2 Å². The maximum Gasteiger partial charge on any atom is 0.344 e. The van der Waals surface area contributed by atoms with Crippen molar-refractivity contribution in [2.45, 2.75) is 6.92 Å². The number of nitrogens with zero attached hydrogens (tertiary/aromatic N) is 1. The predicted molar refractivity (Wildman–Crippen MR) is 102 cm³/mol. The van der Waals surface area contributed by atoms with Crippen molar-refractivity contribution in [3.8, 4) is 11.5 Å². The molecular weight excluding hydrogens is 346 g/mol. The van der Waals surface area contributed by atoms with Gasteiger partial charge in [-0.05, 0) is 42.8 Å². The van der Waals surface area contributed by atoms with Gasteiger partial charge in [-0.1, -0.05) is 12.1 Å². The van der Waals surface area contributed by atoms with Crippen LogP contribution in [0, 0.1) is 0 Å². The highest BCUT2D eigenvalue weighted by Crippen LogP contribution is 2.35. The third-order valence-electron chi connectivity index (χ3n) is 4.01. The fourth-order valence-corrected chi connectivity index (χ4v) is 2.62. The van der Waals surface area contributed by atoms with Gasteiger partial charge in [0.25, 0.3) is 0 Å². The lowest BCUT2D eigenvalue weighted by atomic mass is 10.1. The molecular formula is C21H21NO5. The minimum absolute atomic E-state index is 0.182. The third-order valence-corrected chi connectivity index (χ3v) is 4.01. The summed E-state index contributed by atoms with van der Waals surface area (Å²) in [5.41, 5.74) is 2.41. The number of Topliss-reactive ketones (excluding diaryl/α,β-unsaturated/α-hetero) is 1. The van der Waals surface area contributed by atoms with E-state index in [1.807, 2.05) is 43.3 Å². The van der Waals surface area contributed by atoms with Crippen molar-refractivity contribution in [2.75, 3.05) is 32.2 Å². The molecule has 6 nitrogen and oxygen atoms in total. The molecule has 0 spiro atoms. The zero-order valence-corrected chi connectivity index (χ0v) is 15.5. The van der Waals surface area contributed by atoms with Crippen LogP contribution in [0.3, 0.4) is 0 Å². The summed E-state index contributed by atoms with van der Waals surface area (Å²) in [6.45, 7) is 1.84. The average molecular weight is 367 g/mol. The number of hydrogen-bond acceptors (Lipinski definition) is 6. The number of carbonyl (C=O) groups excluding carboxylic acids is 2. The molecule has 27 heavy (non-hydrogen) atoms. The smallest absolute Gasteiger partial charge is 0.344 e. The van der Waals surface area contributed by atoms with E-state index < -0.39 is 5.97 Å². The Hall–Kier alpha value is -3.28. The first-order valence-corrected chi connectivity index (χ1v) is 8.62. The van der Waals surface area contributed by atoms with Crippen LogP contribution >= 0.6 is 0 Å². The second-order valence-corrected chi connectivity index (χ2v) is 6.18. The zero-order chi connectivity index (χ0) is 19.4. The Morgan fingerprint density at radius 2 is 1.89 bits per heavy atom. The fourth-order valence-electron chi connectivity index (χ4n) is 2.62. The number of ketones is 1. The maximum absolute atomic E-state index is 12.5. The molecule has 6 heteroatoms. The lowest BCUT2D eigenvalue weighted by Gasteiger charge is -2.11. The summed E-state index contributed by atoms with van der Waals surface area (Å²) in [6.07, 6.45) is 1.71. The quantitative estimate of drug-likeness (QED) is 0.577. The van der Waals surface area contributed by atoms with Crippen molar-refractivity contribution < 1.29 is 23.8 Å². The monoisotopic (exact) mass is 367 g/mol. The van der Waals surface area contributed by atoms with Gasteiger partial charge in [0.1, 0.15) is 11.5 Å². The van der Waals surface area contributed by atoms with Crippen molar-refractivity contribution >= 4 is 23.5 Å². The minimum Gasteiger partial charge on any atom is -0.482 e. The molecule has 2 aromatic carbocycles. The average Bonchev–Trinajstić information content (AvgIpc) is 2.96. The molecule has 0 saturated carbocycles. The van der Waals surface area contributed by atoms with E-state index in [1.165, 1.54) is 0 Å². The van der Waals surface area contributed by atoms with Crippen LogP contribution < -0.4 is 14.4 Å². The lowest BCUT2D eigenvalue weighted by molar-refractivity contribution is -0.145. The van der Waals surface area contributed by atoms with E-state index in [1.54, 1.807) is 31.2 Å². The van der Waals surface area contributed by atoms with Gasteiger partial charge in [-0.2, -0.15) is 0 Å². The maximum atomic E-state index is 12.5. The summed E-state index contributed by atoms with van der Waals surface area (Å²) in [7, 11) is 3.94. The number of carbonyl (C=O) groups is 2. The third kappa shape index (κ3) is 4.28. The fraction of sp³-hybridized carbons (Fsp3) is 0.238. The van der Waals surface area contributed by atoms with Crippen molar-refractivity contribution in [1.29, 1.82) is 0 Å². The van der Waals surface area contributed by atoms with Gasteiger partial charge < -0.3 is 19.1 Å². The van der Waals surface area contributed by atoms with E-state index >= 15 is 0 Å². The van der Waals surface area contributed by atoms with Crippen LogP contribution in [0.15, 0.2) is 48.2 Å². The normalized spacial score (nSPS) is 13.9. The first kappa shape index (κ1) is 18.5. The molecule has 0 radical (unpaired) electrons. The lowest BCUT2D eigenvalue weighted by Crippen LogP contribution is -2.14. The van der Waals surface area contributed by atoms with Gasteiger partial charge in [0.15, 0.2) is 12.4 Å². The van der Waals surface area contributed by atoms with Gasteiger partial charge in [-0.15, -0.1) is 0 Å². The van der Waals surface area contributed by atoms with Crippen LogP contribution in [0.5, 0.6) is 11.5 Å². The second kappa shape index (κ2) is 7.95. The highest BCUT2D eigenvalue weighted by atomic mass is 16.6. The van der Waals surface area contributed by atoms with E-state index in [9.17, 15) is 9.59 Å². The Balaban J connectivity index is 1.73. The summed E-state index contributed by atoms with van der Waals surface area (Å²) in [5.74, 6) is 0.476. The molecule has 0 aliphatic carbocycles. The summed E-state index contributed by atoms with van der Waals surface area (Å²) in [6, 6.07) is 12.7. The highest BCUT2D eigenvalue weighted by molar-refractivity contribution is 6.14. The van der Waals surface area contributed by atoms with Gasteiger partial charge >= 0.3 is 5.97 Å². The molecule has 0 N–H and O–H groups in total. The molecule has 0 bridgehead atoms. The Labute approximate surface area is 158 Å². The molecule has 0 unspecified atom stereocenters. The van der Waals surface area contributed by atoms with Gasteiger partial charge in [0.05, 0.1) is 12.2 Å². The summed E-state index contributed by atoms with van der Waals surface area (Å²) in [5, 5.41) is 0. The summed E-state index contributed by atoms with van der Waals surface area (Å²) < 4.78 is 15.9. The standard InChI is InChI=1S/C21H21NO5/c1-4-25-20(23)13-26-16-9-10-17-18(12-16)27-19(21(17)24)11-14-5-7-15(8-6-14)22(2)3/h5-12H,4,13H2,1-3H3/b19-11-. The van der Waals surface area contributed by atoms with Crippen LogP contribution in [0.25, 0.3) is 6.08 Å². The van der Waals surface area contributed by atoms with Gasteiger partial charge in [-0.3, -0.25) is 4.79 Å². The molecule has 2 aromatic rings.